The van der Waals surface area contributed by atoms with Crippen molar-refractivity contribution in [2.75, 3.05) is 39.6 Å². The van der Waals surface area contributed by atoms with E-state index in [1.807, 2.05) is 24.3 Å². The number of sulfonamides is 1. The molecule has 1 saturated heterocycles. The summed E-state index contributed by atoms with van der Waals surface area (Å²) in [7, 11) is -1.57. The van der Waals surface area contributed by atoms with Crippen LogP contribution in [0.1, 0.15) is 35.7 Å². The summed E-state index contributed by atoms with van der Waals surface area (Å²) in [6, 6.07) is 9.87. The van der Waals surface area contributed by atoms with Gasteiger partial charge in [0.25, 0.3) is 0 Å². The normalized spacial score (nSPS) is 21.4. The second-order valence-electron chi connectivity index (χ2n) is 9.23. The molecule has 1 spiro atoms. The summed E-state index contributed by atoms with van der Waals surface area (Å²) in [6.07, 6.45) is 6.32. The third-order valence-electron chi connectivity index (χ3n) is 7.30. The highest BCUT2D eigenvalue weighted by atomic mass is 32.2. The first-order chi connectivity index (χ1) is 15.8. The number of rotatable bonds is 5. The van der Waals surface area contributed by atoms with Crippen LogP contribution in [0.4, 0.5) is 0 Å². The van der Waals surface area contributed by atoms with Crippen molar-refractivity contribution >= 4 is 20.9 Å². The van der Waals surface area contributed by atoms with Crippen LogP contribution in [-0.4, -0.2) is 72.3 Å². The van der Waals surface area contributed by atoms with Crippen LogP contribution in [0.2, 0.25) is 0 Å². The minimum Gasteiger partial charge on any atom is -0.497 e. The minimum absolute atomic E-state index is 0.00636. The Morgan fingerprint density at radius 3 is 2.58 bits per heavy atom. The molecule has 9 heteroatoms. The average molecular weight is 471 g/mol. The fourth-order valence-electron chi connectivity index (χ4n) is 5.66. The lowest BCUT2D eigenvalue weighted by atomic mass is 9.68. The number of nitrogens with one attached hydrogen (secondary N) is 1. The van der Waals surface area contributed by atoms with Gasteiger partial charge in [-0.25, -0.2) is 12.7 Å². The van der Waals surface area contributed by atoms with E-state index in [0.717, 1.165) is 47.3 Å². The van der Waals surface area contributed by atoms with Gasteiger partial charge in [-0.3, -0.25) is 9.88 Å². The van der Waals surface area contributed by atoms with Gasteiger partial charge in [-0.2, -0.15) is 0 Å². The van der Waals surface area contributed by atoms with Crippen LogP contribution >= 0.6 is 0 Å². The maximum Gasteiger partial charge on any atom is 0.211 e. The van der Waals surface area contributed by atoms with Crippen LogP contribution in [-0.2, 0) is 22.0 Å². The van der Waals surface area contributed by atoms with E-state index in [1.54, 1.807) is 23.8 Å². The van der Waals surface area contributed by atoms with E-state index >= 15 is 0 Å². The monoisotopic (exact) mass is 470 g/mol. The van der Waals surface area contributed by atoms with Crippen molar-refractivity contribution in [3.63, 3.8) is 0 Å². The number of benzene rings is 1. The lowest BCUT2D eigenvalue weighted by Crippen LogP contribution is -2.54. The number of ether oxygens (including phenoxy) is 1. The highest BCUT2D eigenvalue weighted by Crippen LogP contribution is 2.49. The number of aliphatic hydroxyl groups is 1. The van der Waals surface area contributed by atoms with Gasteiger partial charge in [0.2, 0.25) is 10.0 Å². The van der Waals surface area contributed by atoms with Crippen LogP contribution in [0.3, 0.4) is 0 Å². The number of piperidine rings is 1. The summed E-state index contributed by atoms with van der Waals surface area (Å²) in [4.78, 5) is 10.0. The van der Waals surface area contributed by atoms with Crippen molar-refractivity contribution in [3.05, 3.63) is 59.5 Å². The van der Waals surface area contributed by atoms with Gasteiger partial charge in [0.15, 0.2) is 0 Å². The number of hydrogen-bond donors (Lipinski definition) is 2. The molecule has 33 heavy (non-hydrogen) atoms. The largest absolute Gasteiger partial charge is 0.497 e. The van der Waals surface area contributed by atoms with E-state index in [0.29, 0.717) is 19.6 Å². The summed E-state index contributed by atoms with van der Waals surface area (Å²) >= 11 is 0. The molecule has 5 rings (SSSR count). The average Bonchev–Trinajstić information content (AvgIpc) is 3.19. The predicted octanol–water partition coefficient (Wildman–Crippen LogP) is 2.41. The third kappa shape index (κ3) is 3.93. The van der Waals surface area contributed by atoms with Gasteiger partial charge in [-0.05, 0) is 48.2 Å². The van der Waals surface area contributed by atoms with Crippen molar-refractivity contribution in [1.29, 1.82) is 0 Å². The van der Waals surface area contributed by atoms with Crippen LogP contribution < -0.4 is 4.74 Å². The van der Waals surface area contributed by atoms with Gasteiger partial charge in [0.05, 0.1) is 26.0 Å². The Balaban J connectivity index is 1.62. The molecule has 4 heterocycles. The van der Waals surface area contributed by atoms with Crippen LogP contribution in [0, 0.1) is 0 Å². The molecule has 0 amide bonds. The Bertz CT molecular complexity index is 1250. The predicted molar refractivity (Wildman–Crippen MR) is 127 cm³/mol. The molecule has 2 aliphatic rings. The molecule has 1 atom stereocenters. The number of aromatic amines is 1. The van der Waals surface area contributed by atoms with Gasteiger partial charge in [-0.1, -0.05) is 0 Å². The molecule has 2 N–H and O–H groups in total. The molecule has 8 nitrogen and oxygen atoms in total. The summed E-state index contributed by atoms with van der Waals surface area (Å²) in [5, 5.41) is 11.6. The number of fused-ring (bicyclic) bond motifs is 4. The number of H-pyrrole nitrogens is 1. The second-order valence-corrected chi connectivity index (χ2v) is 11.2. The Morgan fingerprint density at radius 1 is 1.21 bits per heavy atom. The van der Waals surface area contributed by atoms with Crippen LogP contribution in [0.25, 0.3) is 10.9 Å². The molecule has 0 saturated carbocycles. The van der Waals surface area contributed by atoms with Gasteiger partial charge in [-0.15, -0.1) is 0 Å². The maximum absolute atomic E-state index is 12.2. The lowest BCUT2D eigenvalue weighted by Gasteiger charge is -2.50. The zero-order chi connectivity index (χ0) is 23.2. The molecule has 0 bridgehead atoms. The Hall–Kier alpha value is -2.46. The molecular weight excluding hydrogens is 440 g/mol. The van der Waals surface area contributed by atoms with Crippen molar-refractivity contribution < 1.29 is 18.3 Å². The van der Waals surface area contributed by atoms with E-state index in [2.05, 4.69) is 20.9 Å². The quantitative estimate of drug-likeness (QED) is 0.594. The molecule has 2 aromatic heterocycles. The number of hydrogen-bond acceptors (Lipinski definition) is 6. The van der Waals surface area contributed by atoms with Crippen LogP contribution in [0.15, 0.2) is 42.7 Å². The van der Waals surface area contributed by atoms with Crippen LogP contribution in [0.5, 0.6) is 5.75 Å². The lowest BCUT2D eigenvalue weighted by molar-refractivity contribution is 0.0536. The standard InChI is InChI=1S/C24H30N4O4S/c1-32-18-3-4-19-20(13-18)26-23-21(15-29)27(14-17-5-9-25-10-6-17)16-24(22(19)23)7-11-28(12-8-24)33(2,30)31/h3-6,9-10,13,21,26,29H,7-8,11-12,14-16H2,1-2H3/t21-/m1/s1. The summed E-state index contributed by atoms with van der Waals surface area (Å²) in [6.45, 7) is 2.42. The number of aliphatic hydroxyl groups excluding tert-OH is 1. The fraction of sp³-hybridized carbons (Fsp3) is 0.458. The highest BCUT2D eigenvalue weighted by molar-refractivity contribution is 7.88. The summed E-state index contributed by atoms with van der Waals surface area (Å²) < 4.78 is 31.4. The molecule has 0 radical (unpaired) electrons. The first-order valence-electron chi connectivity index (χ1n) is 11.2. The van der Waals surface area contributed by atoms with Crippen molar-refractivity contribution in [1.82, 2.24) is 19.2 Å². The number of pyridine rings is 1. The molecule has 2 aliphatic heterocycles. The molecule has 0 aliphatic carbocycles. The van der Waals surface area contributed by atoms with Crippen molar-refractivity contribution in [3.8, 4) is 5.75 Å². The highest BCUT2D eigenvalue weighted by Gasteiger charge is 2.48. The smallest absolute Gasteiger partial charge is 0.211 e. The summed E-state index contributed by atoms with van der Waals surface area (Å²) in [5.41, 5.74) is 4.15. The Kier molecular flexibility index (Phi) is 5.68. The first kappa shape index (κ1) is 22.3. The Morgan fingerprint density at radius 2 is 1.94 bits per heavy atom. The number of methoxy groups -OCH3 is 1. The number of nitrogens with zero attached hydrogens (tertiary/aromatic N) is 3. The molecular formula is C24H30N4O4S. The van der Waals surface area contributed by atoms with Gasteiger partial charge < -0.3 is 14.8 Å². The van der Waals surface area contributed by atoms with E-state index < -0.39 is 10.0 Å². The van der Waals surface area contributed by atoms with Gasteiger partial charge >= 0.3 is 0 Å². The van der Waals surface area contributed by atoms with E-state index in [4.69, 9.17) is 4.74 Å². The molecule has 1 aromatic carbocycles. The third-order valence-corrected chi connectivity index (χ3v) is 8.60. The topological polar surface area (TPSA) is 98.8 Å². The zero-order valence-electron chi connectivity index (χ0n) is 19.0. The molecule has 176 valence electrons. The first-order valence-corrected chi connectivity index (χ1v) is 13.1. The van der Waals surface area contributed by atoms with E-state index in [9.17, 15) is 13.5 Å². The molecule has 3 aromatic rings. The fourth-order valence-corrected chi connectivity index (χ4v) is 6.50. The molecule has 1 fully saturated rings. The van der Waals surface area contributed by atoms with Gasteiger partial charge in [0.1, 0.15) is 5.75 Å². The maximum atomic E-state index is 12.2. The van der Waals surface area contributed by atoms with E-state index in [-0.39, 0.29) is 18.1 Å². The zero-order valence-corrected chi connectivity index (χ0v) is 19.8. The van der Waals surface area contributed by atoms with Gasteiger partial charge in [0, 0.05) is 66.7 Å². The summed E-state index contributed by atoms with van der Waals surface area (Å²) in [5.74, 6) is 0.774. The Labute approximate surface area is 194 Å². The second kappa shape index (κ2) is 8.39. The van der Waals surface area contributed by atoms with E-state index in [1.165, 1.54) is 11.8 Å². The molecule has 0 unspecified atom stereocenters. The van der Waals surface area contributed by atoms with Crippen molar-refractivity contribution in [2.24, 2.45) is 0 Å². The number of aromatic nitrogens is 2. The SMILES string of the molecule is COc1ccc2c3c([nH]c2c1)[C@@H](CO)N(Cc1ccncc1)CC31CCN(S(C)(=O)=O)CC1. The minimum atomic E-state index is -3.23. The van der Waals surface area contributed by atoms with Crippen molar-refractivity contribution in [2.45, 2.75) is 30.8 Å².